The Morgan fingerprint density at radius 3 is 2.75 bits per heavy atom. The smallest absolute Gasteiger partial charge is 0.164 e. The summed E-state index contributed by atoms with van der Waals surface area (Å²) in [6.07, 6.45) is 3.61. The third-order valence-corrected chi connectivity index (χ3v) is 4.63. The number of aryl methyl sites for hydroxylation is 1. The van der Waals surface area contributed by atoms with Gasteiger partial charge in [0.25, 0.3) is 0 Å². The third-order valence-electron chi connectivity index (χ3n) is 4.30. The van der Waals surface area contributed by atoms with Gasteiger partial charge in [-0.2, -0.15) is 0 Å². The average molecular weight is 337 g/mol. The van der Waals surface area contributed by atoms with Gasteiger partial charge in [-0.3, -0.25) is 4.40 Å². The van der Waals surface area contributed by atoms with Crippen LogP contribution in [-0.4, -0.2) is 19.4 Å². The molecule has 0 saturated heterocycles. The third kappa shape index (κ3) is 2.26. The normalized spacial score (nSPS) is 11.7. The van der Waals surface area contributed by atoms with E-state index in [9.17, 15) is 0 Å². The molecule has 3 heterocycles. The fourth-order valence-corrected chi connectivity index (χ4v) is 3.17. The number of benzene rings is 1. The molecule has 0 atom stereocenters. The van der Waals surface area contributed by atoms with Crippen molar-refractivity contribution in [1.29, 1.82) is 0 Å². The first-order valence-electron chi connectivity index (χ1n) is 7.95. The van der Waals surface area contributed by atoms with Crippen LogP contribution in [0.5, 0.6) is 0 Å². The van der Waals surface area contributed by atoms with Crippen LogP contribution in [0.25, 0.3) is 28.1 Å². The lowest BCUT2D eigenvalue weighted by atomic mass is 10.0. The fourth-order valence-electron chi connectivity index (χ4n) is 2.97. The van der Waals surface area contributed by atoms with Crippen LogP contribution in [0.1, 0.15) is 31.0 Å². The van der Waals surface area contributed by atoms with Crippen LogP contribution in [0.2, 0.25) is 5.02 Å². The number of fused-ring (bicyclic) bond motifs is 3. The van der Waals surface area contributed by atoms with Gasteiger partial charge in [-0.1, -0.05) is 31.5 Å². The highest BCUT2D eigenvalue weighted by molar-refractivity contribution is 6.33. The van der Waals surface area contributed by atoms with Crippen molar-refractivity contribution >= 4 is 28.3 Å². The number of halogens is 1. The van der Waals surface area contributed by atoms with Crippen molar-refractivity contribution in [3.8, 4) is 11.4 Å². The molecule has 1 aromatic carbocycles. The summed E-state index contributed by atoms with van der Waals surface area (Å²) in [6, 6.07) is 9.98. The number of hydrogen-bond acceptors (Lipinski definition) is 3. The van der Waals surface area contributed by atoms with Crippen molar-refractivity contribution in [3.05, 3.63) is 59.0 Å². The second-order valence-corrected chi connectivity index (χ2v) is 6.65. The molecule has 4 aromatic rings. The highest BCUT2D eigenvalue weighted by Crippen LogP contribution is 2.32. The van der Waals surface area contributed by atoms with E-state index in [-0.39, 0.29) is 0 Å². The first kappa shape index (κ1) is 15.1. The van der Waals surface area contributed by atoms with Crippen LogP contribution in [-0.2, 0) is 0 Å². The summed E-state index contributed by atoms with van der Waals surface area (Å²) in [4.78, 5) is 13.8. The molecule has 5 heteroatoms. The van der Waals surface area contributed by atoms with E-state index in [1.54, 1.807) is 6.20 Å². The average Bonchev–Trinajstić information content (AvgIpc) is 3.01. The van der Waals surface area contributed by atoms with Gasteiger partial charge in [0.15, 0.2) is 5.65 Å². The molecule has 0 aliphatic rings. The number of rotatable bonds is 2. The van der Waals surface area contributed by atoms with Gasteiger partial charge < -0.3 is 0 Å². The van der Waals surface area contributed by atoms with Gasteiger partial charge in [-0.05, 0) is 42.7 Å². The molecular weight excluding hydrogens is 320 g/mol. The van der Waals surface area contributed by atoms with Crippen molar-refractivity contribution in [2.24, 2.45) is 0 Å². The molecule has 0 spiro atoms. The lowest BCUT2D eigenvalue weighted by molar-refractivity contribution is 0.867. The Balaban J connectivity index is 2.10. The van der Waals surface area contributed by atoms with E-state index >= 15 is 0 Å². The van der Waals surface area contributed by atoms with Crippen LogP contribution in [0.4, 0.5) is 0 Å². The quantitative estimate of drug-likeness (QED) is 0.515. The Kier molecular flexibility index (Phi) is 3.50. The van der Waals surface area contributed by atoms with Gasteiger partial charge in [-0.15, -0.1) is 0 Å². The first-order chi connectivity index (χ1) is 11.6. The maximum atomic E-state index is 6.49. The zero-order chi connectivity index (χ0) is 16.8. The molecule has 0 radical (unpaired) electrons. The summed E-state index contributed by atoms with van der Waals surface area (Å²) in [5.74, 6) is 1.22. The molecule has 0 amide bonds. The summed E-state index contributed by atoms with van der Waals surface area (Å²) in [6.45, 7) is 6.32. The predicted octanol–water partition coefficient (Wildman–Crippen LogP) is 5.03. The van der Waals surface area contributed by atoms with E-state index in [0.717, 1.165) is 33.8 Å². The Hall–Kier alpha value is -2.46. The molecule has 0 saturated carbocycles. The number of aromatic nitrogens is 4. The lowest BCUT2D eigenvalue weighted by Gasteiger charge is -2.11. The van der Waals surface area contributed by atoms with Crippen LogP contribution in [0, 0.1) is 6.92 Å². The maximum absolute atomic E-state index is 6.49. The number of hydrogen-bond donors (Lipinski definition) is 0. The number of nitrogens with zero attached hydrogens (tertiary/aromatic N) is 4. The van der Waals surface area contributed by atoms with Crippen LogP contribution >= 0.6 is 11.6 Å². The van der Waals surface area contributed by atoms with Crippen LogP contribution < -0.4 is 0 Å². The van der Waals surface area contributed by atoms with Gasteiger partial charge in [0.2, 0.25) is 0 Å². The summed E-state index contributed by atoms with van der Waals surface area (Å²) in [5, 5.41) is 0.686. The van der Waals surface area contributed by atoms with Crippen LogP contribution in [0.15, 0.2) is 42.7 Å². The number of imidazole rings is 1. The molecule has 0 unspecified atom stereocenters. The molecule has 0 fully saturated rings. The largest absolute Gasteiger partial charge is 0.273 e. The molecule has 0 aliphatic heterocycles. The SMILES string of the molecule is Cc1nc2cccnc2n2c(-c3cc(C(C)C)ccc3Cl)ncc12. The minimum absolute atomic E-state index is 0.422. The Labute approximate surface area is 145 Å². The maximum Gasteiger partial charge on any atom is 0.164 e. The molecule has 0 aliphatic carbocycles. The van der Waals surface area contributed by atoms with Gasteiger partial charge in [0.05, 0.1) is 22.4 Å². The monoisotopic (exact) mass is 336 g/mol. The predicted molar refractivity (Wildman–Crippen MR) is 97.6 cm³/mol. The van der Waals surface area contributed by atoms with Gasteiger partial charge in [0, 0.05) is 11.8 Å². The van der Waals surface area contributed by atoms with Crippen molar-refractivity contribution in [3.63, 3.8) is 0 Å². The van der Waals surface area contributed by atoms with E-state index in [2.05, 4.69) is 40.9 Å². The lowest BCUT2D eigenvalue weighted by Crippen LogP contribution is -1.99. The van der Waals surface area contributed by atoms with E-state index in [4.69, 9.17) is 11.6 Å². The molecule has 0 bridgehead atoms. The first-order valence-corrected chi connectivity index (χ1v) is 8.32. The number of pyridine rings is 1. The van der Waals surface area contributed by atoms with Crippen molar-refractivity contribution in [2.45, 2.75) is 26.7 Å². The molecule has 3 aromatic heterocycles. The van der Waals surface area contributed by atoms with Gasteiger partial charge >= 0.3 is 0 Å². The summed E-state index contributed by atoms with van der Waals surface area (Å²) in [7, 11) is 0. The second kappa shape index (κ2) is 5.56. The molecule has 4 nitrogen and oxygen atoms in total. The molecular formula is C19H17ClN4. The molecule has 4 rings (SSSR count). The minimum Gasteiger partial charge on any atom is -0.273 e. The summed E-state index contributed by atoms with van der Waals surface area (Å²) < 4.78 is 2.04. The Morgan fingerprint density at radius 1 is 1.12 bits per heavy atom. The van der Waals surface area contributed by atoms with Crippen molar-refractivity contribution in [1.82, 2.24) is 19.4 Å². The topological polar surface area (TPSA) is 43.1 Å². The standard InChI is InChI=1S/C19H17ClN4/c1-11(2)13-6-7-15(20)14(9-13)18-22-10-17-12(3)23-16-5-4-8-21-19(16)24(17)18/h4-11H,1-3H3. The minimum atomic E-state index is 0.422. The van der Waals surface area contributed by atoms with Crippen molar-refractivity contribution < 1.29 is 0 Å². The van der Waals surface area contributed by atoms with Crippen LogP contribution in [0.3, 0.4) is 0 Å². The van der Waals surface area contributed by atoms with E-state index in [0.29, 0.717) is 10.9 Å². The summed E-state index contributed by atoms with van der Waals surface area (Å²) >= 11 is 6.49. The Bertz CT molecular complexity index is 1070. The van der Waals surface area contributed by atoms with Gasteiger partial charge in [0.1, 0.15) is 11.3 Å². The summed E-state index contributed by atoms with van der Waals surface area (Å²) in [5.41, 5.74) is 5.65. The van der Waals surface area contributed by atoms with E-state index in [1.807, 2.05) is 35.7 Å². The van der Waals surface area contributed by atoms with E-state index < -0.39 is 0 Å². The molecule has 24 heavy (non-hydrogen) atoms. The van der Waals surface area contributed by atoms with E-state index in [1.165, 1.54) is 5.56 Å². The molecule has 0 N–H and O–H groups in total. The zero-order valence-corrected chi connectivity index (χ0v) is 14.5. The van der Waals surface area contributed by atoms with Crippen molar-refractivity contribution in [2.75, 3.05) is 0 Å². The highest BCUT2D eigenvalue weighted by Gasteiger charge is 2.16. The van der Waals surface area contributed by atoms with Gasteiger partial charge in [-0.25, -0.2) is 15.0 Å². The highest BCUT2D eigenvalue weighted by atomic mass is 35.5. The second-order valence-electron chi connectivity index (χ2n) is 6.24. The zero-order valence-electron chi connectivity index (χ0n) is 13.8. The Morgan fingerprint density at radius 2 is 1.96 bits per heavy atom. The fraction of sp³-hybridized carbons (Fsp3) is 0.211. The molecule has 120 valence electrons.